The topological polar surface area (TPSA) is 88.1 Å². The zero-order valence-corrected chi connectivity index (χ0v) is 18.6. The molecule has 0 atom stereocenters. The number of halogens is 3. The van der Waals surface area contributed by atoms with Gasteiger partial charge in [0.1, 0.15) is 17.9 Å². The lowest BCUT2D eigenvalue weighted by molar-refractivity contribution is -0.539. The van der Waals surface area contributed by atoms with E-state index in [4.69, 9.17) is 5.41 Å². The van der Waals surface area contributed by atoms with Gasteiger partial charge in [0.25, 0.3) is 5.91 Å². The van der Waals surface area contributed by atoms with Gasteiger partial charge in [0, 0.05) is 44.0 Å². The Balaban J connectivity index is 1.48. The largest absolute Gasteiger partial charge is 0.405 e. The fourth-order valence-electron chi connectivity index (χ4n) is 4.31. The van der Waals surface area contributed by atoms with Gasteiger partial charge in [0.05, 0.1) is 12.6 Å². The van der Waals surface area contributed by atoms with Crippen molar-refractivity contribution in [2.45, 2.75) is 37.9 Å². The zero-order chi connectivity index (χ0) is 23.1. The number of nitrogens with one attached hydrogen (secondary N) is 3. The van der Waals surface area contributed by atoms with Crippen LogP contribution in [0.5, 0.6) is 0 Å². The molecular weight excluding hydrogens is 421 g/mol. The van der Waals surface area contributed by atoms with Crippen LogP contribution >= 0.6 is 0 Å². The van der Waals surface area contributed by atoms with E-state index in [0.717, 1.165) is 39.0 Å². The summed E-state index contributed by atoms with van der Waals surface area (Å²) in [6.45, 7) is 5.28. The van der Waals surface area contributed by atoms with Crippen molar-refractivity contribution in [3.8, 4) is 0 Å². The fourth-order valence-corrected chi connectivity index (χ4v) is 4.31. The molecule has 0 saturated carbocycles. The predicted octanol–water partition coefficient (Wildman–Crippen LogP) is 1.53. The van der Waals surface area contributed by atoms with E-state index in [9.17, 15) is 18.0 Å². The highest BCUT2D eigenvalue weighted by atomic mass is 19.4. The van der Waals surface area contributed by atoms with E-state index >= 15 is 0 Å². The number of carbonyl (C=O) groups excluding carboxylic acids is 1. The highest BCUT2D eigenvalue weighted by Gasteiger charge is 2.27. The molecule has 1 aromatic rings. The number of amides is 1. The summed E-state index contributed by atoms with van der Waals surface area (Å²) in [7, 11) is 1.73. The maximum Gasteiger partial charge on any atom is 0.405 e. The number of quaternary nitrogens is 1. The van der Waals surface area contributed by atoms with Gasteiger partial charge in [-0.2, -0.15) is 13.2 Å². The highest BCUT2D eigenvalue weighted by molar-refractivity contribution is 6.45. The number of carbonyl (C=O) groups is 1. The average molecular weight is 456 g/mol. The molecule has 2 aliphatic heterocycles. The van der Waals surface area contributed by atoms with Crippen LogP contribution in [0.15, 0.2) is 18.2 Å². The van der Waals surface area contributed by atoms with Gasteiger partial charge in [0.15, 0.2) is 0 Å². The Labute approximate surface area is 187 Å². The van der Waals surface area contributed by atoms with Crippen LogP contribution in [-0.4, -0.2) is 86.5 Å². The monoisotopic (exact) mass is 455 g/mol. The van der Waals surface area contributed by atoms with Crippen molar-refractivity contribution in [1.82, 2.24) is 15.1 Å². The Morgan fingerprint density at radius 2 is 1.75 bits per heavy atom. The van der Waals surface area contributed by atoms with Gasteiger partial charge in [-0.05, 0) is 50.9 Å². The van der Waals surface area contributed by atoms with Gasteiger partial charge in [-0.25, -0.2) is 0 Å². The minimum Gasteiger partial charge on any atom is -0.376 e. The van der Waals surface area contributed by atoms with Crippen LogP contribution < -0.4 is 16.0 Å². The minimum atomic E-state index is -4.31. The third-order valence-corrected chi connectivity index (χ3v) is 6.21. The van der Waals surface area contributed by atoms with Gasteiger partial charge < -0.3 is 25.8 Å². The molecule has 5 N–H and O–H groups in total. The number of anilines is 1. The Kier molecular flexibility index (Phi) is 8.50. The summed E-state index contributed by atoms with van der Waals surface area (Å²) in [5, 5.41) is 15.3. The molecule has 0 aliphatic carbocycles. The average Bonchev–Trinajstić information content (AvgIpc) is 3.29. The lowest BCUT2D eigenvalue weighted by Gasteiger charge is -2.33. The van der Waals surface area contributed by atoms with E-state index in [2.05, 4.69) is 20.4 Å². The van der Waals surface area contributed by atoms with E-state index in [1.807, 2.05) is 0 Å². The number of benzene rings is 1. The van der Waals surface area contributed by atoms with E-state index < -0.39 is 18.6 Å². The number of alkyl halides is 3. The maximum atomic E-state index is 12.7. The van der Waals surface area contributed by atoms with E-state index in [1.54, 1.807) is 12.4 Å². The fraction of sp³-hybridized carbons (Fsp3) is 0.636. The summed E-state index contributed by atoms with van der Waals surface area (Å²) < 4.78 is 37.3. The van der Waals surface area contributed by atoms with Crippen molar-refractivity contribution in [3.05, 3.63) is 23.8 Å². The highest BCUT2D eigenvalue weighted by Crippen LogP contribution is 2.21. The molecule has 0 bridgehead atoms. The molecule has 3 rings (SSSR count). The van der Waals surface area contributed by atoms with Crippen LogP contribution in [0.3, 0.4) is 0 Å². The van der Waals surface area contributed by atoms with Crippen LogP contribution in [-0.2, 0) is 4.79 Å². The zero-order valence-electron chi connectivity index (χ0n) is 18.6. The second kappa shape index (κ2) is 11.1. The second-order valence-electron chi connectivity index (χ2n) is 8.57. The molecule has 1 amide bonds. The predicted molar refractivity (Wildman–Crippen MR) is 119 cm³/mol. The van der Waals surface area contributed by atoms with Crippen molar-refractivity contribution in [3.63, 3.8) is 0 Å². The number of nitrogens with two attached hydrogens (primary N) is 1. The summed E-state index contributed by atoms with van der Waals surface area (Å²) in [5.74, 6) is -0.445. The van der Waals surface area contributed by atoms with Gasteiger partial charge in [-0.1, -0.05) is 0 Å². The third-order valence-electron chi connectivity index (χ3n) is 6.21. The van der Waals surface area contributed by atoms with Crippen molar-refractivity contribution >= 4 is 23.0 Å². The smallest absolute Gasteiger partial charge is 0.376 e. The van der Waals surface area contributed by atoms with Gasteiger partial charge in [-0.3, -0.25) is 10.2 Å². The SMILES string of the molecule is C[NH2+]c1cc(NCC(F)(F)F)ccc1C(=N)C(=O)NC1CCN(CCN2CCCC2)CC1. The van der Waals surface area contributed by atoms with Gasteiger partial charge >= 0.3 is 6.18 Å². The Morgan fingerprint density at radius 1 is 1.12 bits per heavy atom. The molecule has 32 heavy (non-hydrogen) atoms. The molecule has 2 aliphatic rings. The molecule has 7 nitrogen and oxygen atoms in total. The first kappa shape index (κ1) is 24.5. The van der Waals surface area contributed by atoms with Crippen LogP contribution in [0.1, 0.15) is 31.2 Å². The van der Waals surface area contributed by atoms with Crippen molar-refractivity contribution in [2.75, 3.05) is 58.2 Å². The molecule has 2 fully saturated rings. The van der Waals surface area contributed by atoms with E-state index in [0.29, 0.717) is 16.9 Å². The Hall–Kier alpha value is -2.17. The normalized spacial score (nSPS) is 18.6. The molecule has 10 heteroatoms. The standard InChI is InChI=1S/C22H33F3N6O/c1-27-19-14-17(28-15-22(23,24)25)4-5-18(19)20(26)21(32)29-16-6-10-31(11-7-16)13-12-30-8-2-3-9-30/h4-5,14,16,26-28H,2-3,6-13,15H2,1H3,(H,29,32)/p+1. The van der Waals surface area contributed by atoms with Crippen LogP contribution in [0, 0.1) is 5.41 Å². The summed E-state index contributed by atoms with van der Waals surface area (Å²) >= 11 is 0. The van der Waals surface area contributed by atoms with Crippen LogP contribution in [0.25, 0.3) is 0 Å². The summed E-state index contributed by atoms with van der Waals surface area (Å²) in [6, 6.07) is 4.56. The van der Waals surface area contributed by atoms with E-state index in [-0.39, 0.29) is 11.8 Å². The summed E-state index contributed by atoms with van der Waals surface area (Å²) in [4.78, 5) is 17.6. The second-order valence-corrected chi connectivity index (χ2v) is 8.57. The van der Waals surface area contributed by atoms with Gasteiger partial charge in [-0.15, -0.1) is 0 Å². The molecule has 178 valence electrons. The number of hydrogen-bond donors (Lipinski definition) is 4. The first-order valence-corrected chi connectivity index (χ1v) is 11.3. The summed E-state index contributed by atoms with van der Waals surface area (Å²) in [5.41, 5.74) is 1.09. The van der Waals surface area contributed by atoms with Crippen molar-refractivity contribution < 1.29 is 23.3 Å². The quantitative estimate of drug-likeness (QED) is 0.336. The van der Waals surface area contributed by atoms with Crippen LogP contribution in [0.2, 0.25) is 0 Å². The molecule has 0 spiro atoms. The lowest BCUT2D eigenvalue weighted by Crippen LogP contribution is -2.73. The first-order chi connectivity index (χ1) is 15.2. The number of nitrogens with zero attached hydrogens (tertiary/aromatic N) is 2. The van der Waals surface area contributed by atoms with Crippen LogP contribution in [0.4, 0.5) is 24.5 Å². The molecule has 1 aromatic carbocycles. The molecule has 0 unspecified atom stereocenters. The van der Waals surface area contributed by atoms with E-state index in [1.165, 1.54) is 44.1 Å². The van der Waals surface area contributed by atoms with Crippen molar-refractivity contribution in [1.29, 1.82) is 5.41 Å². The number of hydrogen-bond acceptors (Lipinski definition) is 5. The maximum absolute atomic E-state index is 12.7. The number of piperidine rings is 1. The Morgan fingerprint density at radius 3 is 2.34 bits per heavy atom. The molecule has 0 aromatic heterocycles. The molecule has 2 heterocycles. The number of likely N-dealkylation sites (tertiary alicyclic amines) is 2. The lowest BCUT2D eigenvalue weighted by atomic mass is 10.0. The molecule has 0 radical (unpaired) electrons. The molecule has 2 saturated heterocycles. The van der Waals surface area contributed by atoms with Gasteiger partial charge in [0.2, 0.25) is 0 Å². The third kappa shape index (κ3) is 7.18. The molecular formula is C22H34F3N6O+. The number of rotatable bonds is 9. The first-order valence-electron chi connectivity index (χ1n) is 11.3. The summed E-state index contributed by atoms with van der Waals surface area (Å²) in [6.07, 6.45) is -0.0159. The minimum absolute atomic E-state index is 0.0349. The van der Waals surface area contributed by atoms with Crippen molar-refractivity contribution in [2.24, 2.45) is 0 Å². The Bertz CT molecular complexity index is 786.